The predicted molar refractivity (Wildman–Crippen MR) is 86.3 cm³/mol. The summed E-state index contributed by atoms with van der Waals surface area (Å²) in [5, 5.41) is 1.17. The molecule has 3 nitrogen and oxygen atoms in total. The van der Waals surface area contributed by atoms with Crippen LogP contribution in [0.5, 0.6) is 0 Å². The van der Waals surface area contributed by atoms with E-state index >= 15 is 0 Å². The van der Waals surface area contributed by atoms with Crippen molar-refractivity contribution in [3.05, 3.63) is 36.0 Å². The molecule has 1 fully saturated rings. The van der Waals surface area contributed by atoms with Gasteiger partial charge in [0.15, 0.2) is 0 Å². The number of nitrogens with zero attached hydrogens (tertiary/aromatic N) is 1. The summed E-state index contributed by atoms with van der Waals surface area (Å²) < 4.78 is 0. The Labute approximate surface area is 126 Å². The van der Waals surface area contributed by atoms with Gasteiger partial charge in [-0.15, -0.1) is 0 Å². The Kier molecular flexibility index (Phi) is 4.28. The monoisotopic (exact) mass is 284 g/mol. The van der Waals surface area contributed by atoms with E-state index in [9.17, 15) is 4.79 Å². The lowest BCUT2D eigenvalue weighted by Crippen LogP contribution is -2.40. The molecule has 1 unspecified atom stereocenters. The SMILES string of the molecule is CCC1CCCCCN1C(=O)Cc1c[nH]c2ccccc12. The van der Waals surface area contributed by atoms with Crippen LogP contribution in [-0.4, -0.2) is 28.4 Å². The van der Waals surface area contributed by atoms with Crippen molar-refractivity contribution in [2.75, 3.05) is 6.54 Å². The number of para-hydroxylation sites is 1. The Bertz CT molecular complexity index is 616. The second-order valence-electron chi connectivity index (χ2n) is 6.03. The lowest BCUT2D eigenvalue weighted by atomic mass is 10.1. The summed E-state index contributed by atoms with van der Waals surface area (Å²) in [6.07, 6.45) is 8.40. The first-order chi connectivity index (χ1) is 10.3. The van der Waals surface area contributed by atoms with Crippen LogP contribution in [0.4, 0.5) is 0 Å². The van der Waals surface area contributed by atoms with Crippen molar-refractivity contribution in [2.45, 2.75) is 51.5 Å². The van der Waals surface area contributed by atoms with Crippen molar-refractivity contribution in [3.63, 3.8) is 0 Å². The second-order valence-corrected chi connectivity index (χ2v) is 6.03. The summed E-state index contributed by atoms with van der Waals surface area (Å²) >= 11 is 0. The molecule has 3 rings (SSSR count). The molecule has 0 bridgehead atoms. The van der Waals surface area contributed by atoms with Gasteiger partial charge in [-0.05, 0) is 30.9 Å². The number of fused-ring (bicyclic) bond motifs is 1. The van der Waals surface area contributed by atoms with Gasteiger partial charge in [0.1, 0.15) is 0 Å². The molecule has 1 aliphatic heterocycles. The highest BCUT2D eigenvalue weighted by Crippen LogP contribution is 2.22. The molecule has 0 radical (unpaired) electrons. The number of carbonyl (C=O) groups excluding carboxylic acids is 1. The van der Waals surface area contributed by atoms with Gasteiger partial charge in [0.25, 0.3) is 0 Å². The zero-order valence-electron chi connectivity index (χ0n) is 12.8. The van der Waals surface area contributed by atoms with Gasteiger partial charge in [-0.3, -0.25) is 4.79 Å². The van der Waals surface area contributed by atoms with Crippen LogP contribution >= 0.6 is 0 Å². The third-order valence-corrected chi connectivity index (χ3v) is 4.69. The first-order valence-corrected chi connectivity index (χ1v) is 8.14. The molecule has 21 heavy (non-hydrogen) atoms. The van der Waals surface area contributed by atoms with E-state index in [1.165, 1.54) is 18.2 Å². The molecule has 2 heterocycles. The third kappa shape index (κ3) is 2.97. The molecule has 1 atom stereocenters. The normalized spacial score (nSPS) is 19.7. The summed E-state index contributed by atoms with van der Waals surface area (Å²) in [5.74, 6) is 0.286. The lowest BCUT2D eigenvalue weighted by molar-refractivity contribution is -0.132. The summed E-state index contributed by atoms with van der Waals surface area (Å²) in [6.45, 7) is 3.13. The number of amides is 1. The van der Waals surface area contributed by atoms with Crippen LogP contribution in [0.15, 0.2) is 30.5 Å². The quantitative estimate of drug-likeness (QED) is 0.912. The topological polar surface area (TPSA) is 36.1 Å². The van der Waals surface area contributed by atoms with Gasteiger partial charge in [0.2, 0.25) is 5.91 Å². The van der Waals surface area contributed by atoms with Crippen LogP contribution in [0.2, 0.25) is 0 Å². The summed E-state index contributed by atoms with van der Waals surface area (Å²) in [4.78, 5) is 18.1. The minimum absolute atomic E-state index is 0.286. The molecule has 3 heteroatoms. The van der Waals surface area contributed by atoms with E-state index in [1.54, 1.807) is 0 Å². The van der Waals surface area contributed by atoms with E-state index in [1.807, 2.05) is 18.3 Å². The largest absolute Gasteiger partial charge is 0.361 e. The molecular formula is C18H24N2O. The van der Waals surface area contributed by atoms with Crippen molar-refractivity contribution in [3.8, 4) is 0 Å². The van der Waals surface area contributed by atoms with Crippen LogP contribution in [0.25, 0.3) is 10.9 Å². The molecule has 1 aromatic carbocycles. The van der Waals surface area contributed by atoms with Gasteiger partial charge in [0.05, 0.1) is 6.42 Å². The molecule has 1 aliphatic rings. The van der Waals surface area contributed by atoms with Crippen LogP contribution in [0.3, 0.4) is 0 Å². The molecule has 1 saturated heterocycles. The van der Waals surface area contributed by atoms with E-state index in [0.29, 0.717) is 12.5 Å². The van der Waals surface area contributed by atoms with Crippen LogP contribution < -0.4 is 0 Å². The highest BCUT2D eigenvalue weighted by molar-refractivity contribution is 5.89. The summed E-state index contributed by atoms with van der Waals surface area (Å²) in [7, 11) is 0. The third-order valence-electron chi connectivity index (χ3n) is 4.69. The number of carbonyl (C=O) groups is 1. The van der Waals surface area contributed by atoms with Crippen molar-refractivity contribution < 1.29 is 4.79 Å². The zero-order chi connectivity index (χ0) is 14.7. The minimum atomic E-state index is 0.286. The molecule has 1 N–H and O–H groups in total. The Balaban J connectivity index is 1.78. The fraction of sp³-hybridized carbons (Fsp3) is 0.500. The Morgan fingerprint density at radius 2 is 2.14 bits per heavy atom. The Morgan fingerprint density at radius 1 is 1.29 bits per heavy atom. The maximum Gasteiger partial charge on any atom is 0.227 e. The number of H-pyrrole nitrogens is 1. The number of nitrogens with one attached hydrogen (secondary N) is 1. The fourth-order valence-electron chi connectivity index (χ4n) is 3.47. The molecule has 112 valence electrons. The van der Waals surface area contributed by atoms with Gasteiger partial charge < -0.3 is 9.88 Å². The first kappa shape index (κ1) is 14.2. The molecule has 1 aromatic heterocycles. The van der Waals surface area contributed by atoms with E-state index in [2.05, 4.69) is 28.9 Å². The van der Waals surface area contributed by atoms with Gasteiger partial charge in [0, 0.05) is 29.7 Å². The lowest BCUT2D eigenvalue weighted by Gasteiger charge is -2.29. The fourth-order valence-corrected chi connectivity index (χ4v) is 3.47. The molecule has 0 spiro atoms. The smallest absolute Gasteiger partial charge is 0.227 e. The number of aromatic amines is 1. The van der Waals surface area contributed by atoms with Gasteiger partial charge >= 0.3 is 0 Å². The number of likely N-dealkylation sites (tertiary alicyclic amines) is 1. The van der Waals surface area contributed by atoms with Crippen LogP contribution in [-0.2, 0) is 11.2 Å². The average Bonchev–Trinajstić information content (AvgIpc) is 2.76. The van der Waals surface area contributed by atoms with Gasteiger partial charge in [-0.2, -0.15) is 0 Å². The maximum atomic E-state index is 12.7. The highest BCUT2D eigenvalue weighted by Gasteiger charge is 2.24. The number of aromatic nitrogens is 1. The van der Waals surface area contributed by atoms with Gasteiger partial charge in [-0.1, -0.05) is 38.0 Å². The average molecular weight is 284 g/mol. The Morgan fingerprint density at radius 3 is 3.00 bits per heavy atom. The van der Waals surface area contributed by atoms with E-state index in [4.69, 9.17) is 0 Å². The molecular weight excluding hydrogens is 260 g/mol. The number of benzene rings is 1. The van der Waals surface area contributed by atoms with Gasteiger partial charge in [-0.25, -0.2) is 0 Å². The van der Waals surface area contributed by atoms with E-state index < -0.39 is 0 Å². The molecule has 1 amide bonds. The summed E-state index contributed by atoms with van der Waals surface area (Å²) in [5.41, 5.74) is 2.23. The number of hydrogen-bond donors (Lipinski definition) is 1. The van der Waals surface area contributed by atoms with E-state index in [0.717, 1.165) is 36.9 Å². The van der Waals surface area contributed by atoms with Crippen LogP contribution in [0.1, 0.15) is 44.6 Å². The highest BCUT2D eigenvalue weighted by atomic mass is 16.2. The van der Waals surface area contributed by atoms with Crippen molar-refractivity contribution in [1.82, 2.24) is 9.88 Å². The molecule has 2 aromatic rings. The number of rotatable bonds is 3. The second kappa shape index (κ2) is 6.33. The molecule has 0 saturated carbocycles. The predicted octanol–water partition coefficient (Wildman–Crippen LogP) is 3.89. The van der Waals surface area contributed by atoms with Crippen molar-refractivity contribution >= 4 is 16.8 Å². The van der Waals surface area contributed by atoms with Crippen LogP contribution in [0, 0.1) is 0 Å². The Hall–Kier alpha value is -1.77. The standard InChI is InChI=1S/C18H24N2O/c1-2-15-8-4-3-7-11-20(15)18(21)12-14-13-19-17-10-6-5-9-16(14)17/h5-6,9-10,13,15,19H,2-4,7-8,11-12H2,1H3. The summed E-state index contributed by atoms with van der Waals surface area (Å²) in [6, 6.07) is 8.64. The minimum Gasteiger partial charge on any atom is -0.361 e. The van der Waals surface area contributed by atoms with Crippen molar-refractivity contribution in [2.24, 2.45) is 0 Å². The number of hydrogen-bond acceptors (Lipinski definition) is 1. The zero-order valence-corrected chi connectivity index (χ0v) is 12.8. The first-order valence-electron chi connectivity index (χ1n) is 8.14. The molecule has 0 aliphatic carbocycles. The van der Waals surface area contributed by atoms with E-state index in [-0.39, 0.29) is 5.91 Å². The van der Waals surface area contributed by atoms with Crippen molar-refractivity contribution in [1.29, 1.82) is 0 Å². The maximum absolute atomic E-state index is 12.7.